The number of hydrogen-bond donors (Lipinski definition) is 0. The van der Waals surface area contributed by atoms with Gasteiger partial charge in [0, 0.05) is 25.8 Å². The Morgan fingerprint density at radius 1 is 1.36 bits per heavy atom. The summed E-state index contributed by atoms with van der Waals surface area (Å²) in [7, 11) is 1.60. The molecule has 7 heteroatoms. The summed E-state index contributed by atoms with van der Waals surface area (Å²) in [6, 6.07) is 9.66. The van der Waals surface area contributed by atoms with Crippen LogP contribution in [0.2, 0.25) is 0 Å². The number of likely N-dealkylation sites (tertiary alicyclic amines) is 1. The van der Waals surface area contributed by atoms with Crippen molar-refractivity contribution in [2.45, 2.75) is 32.0 Å². The summed E-state index contributed by atoms with van der Waals surface area (Å²) >= 11 is 0. The van der Waals surface area contributed by atoms with Gasteiger partial charge in [0.1, 0.15) is 6.61 Å². The summed E-state index contributed by atoms with van der Waals surface area (Å²) in [5.74, 6) is 1.11. The fourth-order valence-corrected chi connectivity index (χ4v) is 2.86. The van der Waals surface area contributed by atoms with Crippen LogP contribution in [0, 0.1) is 0 Å². The van der Waals surface area contributed by atoms with Crippen molar-refractivity contribution < 1.29 is 18.8 Å². The third-order valence-electron chi connectivity index (χ3n) is 4.19. The largest absolute Gasteiger partial charge is 0.384 e. The molecule has 1 saturated heterocycles. The highest BCUT2D eigenvalue weighted by Gasteiger charge is 2.24. The molecule has 0 saturated carbocycles. The van der Waals surface area contributed by atoms with Crippen molar-refractivity contribution >= 4 is 5.91 Å². The first-order valence-corrected chi connectivity index (χ1v) is 8.52. The maximum Gasteiger partial charge on any atom is 0.252 e. The summed E-state index contributed by atoms with van der Waals surface area (Å²) in [5.41, 5.74) is 0.907. The van der Waals surface area contributed by atoms with Gasteiger partial charge in [-0.1, -0.05) is 35.5 Å². The molecule has 1 aliphatic rings. The van der Waals surface area contributed by atoms with Crippen molar-refractivity contribution in [3.63, 3.8) is 0 Å². The molecule has 0 bridgehead atoms. The highest BCUT2D eigenvalue weighted by atomic mass is 16.5. The van der Waals surface area contributed by atoms with E-state index in [1.807, 2.05) is 35.2 Å². The molecular formula is C18H23N3O4. The molecule has 2 heterocycles. The maximum atomic E-state index is 12.1. The van der Waals surface area contributed by atoms with Crippen LogP contribution in [-0.4, -0.2) is 53.9 Å². The van der Waals surface area contributed by atoms with Crippen LogP contribution in [0.5, 0.6) is 0 Å². The predicted octanol–water partition coefficient (Wildman–Crippen LogP) is 2.28. The maximum absolute atomic E-state index is 12.1. The van der Waals surface area contributed by atoms with E-state index < -0.39 is 0 Å². The third-order valence-corrected chi connectivity index (χ3v) is 4.19. The number of ether oxygens (including phenoxy) is 2. The van der Waals surface area contributed by atoms with E-state index in [2.05, 4.69) is 10.1 Å². The molecule has 1 fully saturated rings. The van der Waals surface area contributed by atoms with Crippen molar-refractivity contribution in [3.05, 3.63) is 36.2 Å². The van der Waals surface area contributed by atoms with Gasteiger partial charge >= 0.3 is 0 Å². The summed E-state index contributed by atoms with van der Waals surface area (Å²) in [6.45, 7) is 2.08. The number of carbonyl (C=O) groups excluding carboxylic acids is 1. The van der Waals surface area contributed by atoms with Crippen LogP contribution in [0.4, 0.5) is 0 Å². The molecule has 0 aliphatic carbocycles. The van der Waals surface area contributed by atoms with Crippen LogP contribution in [0.25, 0.3) is 11.4 Å². The van der Waals surface area contributed by atoms with E-state index in [9.17, 15) is 4.79 Å². The lowest BCUT2D eigenvalue weighted by Gasteiger charge is -2.32. The number of hydrogen-bond acceptors (Lipinski definition) is 6. The molecule has 134 valence electrons. The standard InChI is InChI=1S/C18H23N3O4/c1-23-11-9-17(22)21-10-5-8-15(12-21)24-13-16-19-18(20-25-16)14-6-3-2-4-7-14/h2-4,6-7,15H,5,8-13H2,1H3. The van der Waals surface area contributed by atoms with Crippen molar-refractivity contribution in [1.29, 1.82) is 0 Å². The minimum atomic E-state index is -0.00711. The lowest BCUT2D eigenvalue weighted by molar-refractivity contribution is -0.136. The number of benzene rings is 1. The Kier molecular flexibility index (Phi) is 6.14. The second kappa shape index (κ2) is 8.73. The predicted molar refractivity (Wildman–Crippen MR) is 90.6 cm³/mol. The van der Waals surface area contributed by atoms with E-state index in [-0.39, 0.29) is 18.6 Å². The van der Waals surface area contributed by atoms with Gasteiger partial charge in [0.15, 0.2) is 0 Å². The van der Waals surface area contributed by atoms with Crippen LogP contribution in [0.3, 0.4) is 0 Å². The molecule has 0 spiro atoms. The highest BCUT2D eigenvalue weighted by Crippen LogP contribution is 2.18. The Morgan fingerprint density at radius 2 is 2.20 bits per heavy atom. The number of methoxy groups -OCH3 is 1. The van der Waals surface area contributed by atoms with E-state index in [1.54, 1.807) is 7.11 Å². The molecule has 7 nitrogen and oxygen atoms in total. The average molecular weight is 345 g/mol. The van der Waals surface area contributed by atoms with Gasteiger partial charge in [-0.2, -0.15) is 4.98 Å². The number of rotatable bonds is 7. The molecule has 0 N–H and O–H groups in total. The van der Waals surface area contributed by atoms with Gasteiger partial charge in [-0.15, -0.1) is 0 Å². The zero-order valence-corrected chi connectivity index (χ0v) is 14.4. The first-order chi connectivity index (χ1) is 12.3. The van der Waals surface area contributed by atoms with Gasteiger partial charge in [0.25, 0.3) is 5.89 Å². The smallest absolute Gasteiger partial charge is 0.252 e. The number of amides is 1. The molecular weight excluding hydrogens is 322 g/mol. The molecule has 2 aromatic rings. The highest BCUT2D eigenvalue weighted by molar-refractivity contribution is 5.76. The van der Waals surface area contributed by atoms with Crippen LogP contribution in [0.15, 0.2) is 34.9 Å². The summed E-state index contributed by atoms with van der Waals surface area (Å²) < 4.78 is 16.1. The topological polar surface area (TPSA) is 77.7 Å². The second-order valence-corrected chi connectivity index (χ2v) is 6.04. The quantitative estimate of drug-likeness (QED) is 0.766. The van der Waals surface area contributed by atoms with Gasteiger partial charge in [0.05, 0.1) is 19.1 Å². The van der Waals surface area contributed by atoms with E-state index in [4.69, 9.17) is 14.0 Å². The van der Waals surface area contributed by atoms with Crippen LogP contribution >= 0.6 is 0 Å². The molecule has 1 atom stereocenters. The Hall–Kier alpha value is -2.25. The Balaban J connectivity index is 1.50. The van der Waals surface area contributed by atoms with E-state index >= 15 is 0 Å². The normalized spacial score (nSPS) is 17.6. The minimum absolute atomic E-state index is 0.00711. The van der Waals surface area contributed by atoms with E-state index in [0.717, 1.165) is 24.9 Å². The van der Waals surface area contributed by atoms with Crippen molar-refractivity contribution in [2.24, 2.45) is 0 Å². The van der Waals surface area contributed by atoms with Crippen molar-refractivity contribution in [2.75, 3.05) is 26.8 Å². The summed E-state index contributed by atoms with van der Waals surface area (Å²) in [4.78, 5) is 18.3. The Bertz CT molecular complexity index is 674. The van der Waals surface area contributed by atoms with Gasteiger partial charge < -0.3 is 18.9 Å². The molecule has 3 rings (SSSR count). The van der Waals surface area contributed by atoms with Crippen LogP contribution in [0.1, 0.15) is 25.2 Å². The van der Waals surface area contributed by atoms with Crippen LogP contribution in [-0.2, 0) is 20.9 Å². The molecule has 1 unspecified atom stereocenters. The van der Waals surface area contributed by atoms with E-state index in [0.29, 0.717) is 31.3 Å². The molecule has 25 heavy (non-hydrogen) atoms. The fourth-order valence-electron chi connectivity index (χ4n) is 2.86. The molecule has 0 radical (unpaired) electrons. The molecule has 1 aromatic carbocycles. The first kappa shape index (κ1) is 17.6. The zero-order valence-electron chi connectivity index (χ0n) is 14.4. The van der Waals surface area contributed by atoms with Gasteiger partial charge in [-0.05, 0) is 12.8 Å². The number of nitrogens with zero attached hydrogens (tertiary/aromatic N) is 3. The van der Waals surface area contributed by atoms with Gasteiger partial charge in [0.2, 0.25) is 11.7 Å². The van der Waals surface area contributed by atoms with E-state index in [1.165, 1.54) is 0 Å². The fraction of sp³-hybridized carbons (Fsp3) is 0.500. The second-order valence-electron chi connectivity index (χ2n) is 6.04. The number of aromatic nitrogens is 2. The SMILES string of the molecule is COCCC(=O)N1CCCC(OCc2nc(-c3ccccc3)no2)C1. The molecule has 1 aromatic heterocycles. The molecule has 1 aliphatic heterocycles. The summed E-state index contributed by atoms with van der Waals surface area (Å²) in [6.07, 6.45) is 2.26. The summed E-state index contributed by atoms with van der Waals surface area (Å²) in [5, 5.41) is 3.98. The third kappa shape index (κ3) is 4.87. The Morgan fingerprint density at radius 3 is 3.00 bits per heavy atom. The van der Waals surface area contributed by atoms with Crippen molar-refractivity contribution in [1.82, 2.24) is 15.0 Å². The minimum Gasteiger partial charge on any atom is -0.384 e. The average Bonchev–Trinajstić information content (AvgIpc) is 3.14. The van der Waals surface area contributed by atoms with Gasteiger partial charge in [-0.25, -0.2) is 0 Å². The molecule has 1 amide bonds. The number of carbonyl (C=O) groups is 1. The van der Waals surface area contributed by atoms with Crippen LogP contribution < -0.4 is 0 Å². The number of piperidine rings is 1. The van der Waals surface area contributed by atoms with Crippen molar-refractivity contribution in [3.8, 4) is 11.4 Å². The lowest BCUT2D eigenvalue weighted by Crippen LogP contribution is -2.43. The lowest BCUT2D eigenvalue weighted by atomic mass is 10.1. The first-order valence-electron chi connectivity index (χ1n) is 8.52. The zero-order chi connectivity index (χ0) is 17.5. The Labute approximate surface area is 146 Å². The van der Waals surface area contributed by atoms with Gasteiger partial charge in [-0.3, -0.25) is 4.79 Å². The monoisotopic (exact) mass is 345 g/mol.